The van der Waals surface area contributed by atoms with Crippen LogP contribution in [0.5, 0.6) is 23.0 Å². The highest BCUT2D eigenvalue weighted by atomic mass is 35.5. The Morgan fingerprint density at radius 3 is 2.44 bits per heavy atom. The quantitative estimate of drug-likeness (QED) is 0.342. The van der Waals surface area contributed by atoms with Gasteiger partial charge in [0, 0.05) is 62.0 Å². The third-order valence-corrected chi connectivity index (χ3v) is 9.78. The summed E-state index contributed by atoms with van der Waals surface area (Å²) in [6, 6.07) is 7.58. The van der Waals surface area contributed by atoms with Gasteiger partial charge in [-0.15, -0.1) is 23.2 Å². The summed E-state index contributed by atoms with van der Waals surface area (Å²) >= 11 is 11.2. The molecule has 3 heterocycles. The number of halogens is 2. The molecule has 0 amide bonds. The molecule has 13 heteroatoms. The lowest BCUT2D eigenvalue weighted by atomic mass is 9.92. The van der Waals surface area contributed by atoms with Gasteiger partial charge in [0.1, 0.15) is 0 Å². The molecule has 2 aromatic rings. The van der Waals surface area contributed by atoms with Crippen LogP contribution >= 0.6 is 30.9 Å². The lowest BCUT2D eigenvalue weighted by Gasteiger charge is -2.33. The second kappa shape index (κ2) is 14.9. The van der Waals surface area contributed by atoms with Crippen LogP contribution < -0.4 is 24.0 Å². The van der Waals surface area contributed by atoms with Crippen LogP contribution in [0.15, 0.2) is 24.3 Å². The Bertz CT molecular complexity index is 1250. The maximum atomic E-state index is 13.1. The minimum Gasteiger partial charge on any atom is -0.493 e. The van der Waals surface area contributed by atoms with Gasteiger partial charge < -0.3 is 28.4 Å². The number of benzene rings is 2. The van der Waals surface area contributed by atoms with Crippen LogP contribution in [0.2, 0.25) is 0 Å². The number of hydrogen-bond donors (Lipinski definition) is 1. The van der Waals surface area contributed by atoms with E-state index in [4.69, 9.17) is 46.7 Å². The number of nitrogens with one attached hydrogen (secondary N) is 1. The Morgan fingerprint density at radius 1 is 1.07 bits per heavy atom. The molecule has 0 bridgehead atoms. The van der Waals surface area contributed by atoms with Crippen LogP contribution in [0, 0.1) is 0 Å². The molecule has 0 spiro atoms. The average molecular weight is 631 g/mol. The van der Waals surface area contributed by atoms with Crippen LogP contribution in [-0.4, -0.2) is 88.0 Å². The Labute approximate surface area is 251 Å². The normalized spacial score (nSPS) is 20.5. The van der Waals surface area contributed by atoms with Crippen molar-refractivity contribution >= 4 is 36.7 Å². The van der Waals surface area contributed by atoms with E-state index >= 15 is 0 Å². The fourth-order valence-electron chi connectivity index (χ4n) is 5.03. The highest BCUT2D eigenvalue weighted by molar-refractivity contribution is 7.54. The number of ether oxygens (including phenoxy) is 4. The molecule has 226 valence electrons. The van der Waals surface area contributed by atoms with E-state index in [0.717, 1.165) is 42.6 Å². The first-order valence-electron chi connectivity index (χ1n) is 13.6. The number of methoxy groups -OCH3 is 2. The summed E-state index contributed by atoms with van der Waals surface area (Å²) in [4.78, 5) is 15.4. The van der Waals surface area contributed by atoms with Gasteiger partial charge >= 0.3 is 7.67 Å². The summed E-state index contributed by atoms with van der Waals surface area (Å²) in [7, 11) is 2.48. The van der Waals surface area contributed by atoms with Crippen molar-refractivity contribution in [1.29, 1.82) is 0 Å². The van der Waals surface area contributed by atoms with Crippen LogP contribution in [-0.2, 0) is 28.5 Å². The molecule has 1 unspecified atom stereocenters. The smallest absolute Gasteiger partial charge is 0.343 e. The van der Waals surface area contributed by atoms with Crippen LogP contribution in [0.4, 0.5) is 0 Å². The molecular formula is C28H38Cl2N3O7P. The molecule has 3 aliphatic rings. The molecular weight excluding hydrogens is 592 g/mol. The lowest BCUT2D eigenvalue weighted by molar-refractivity contribution is 0.0990. The van der Waals surface area contributed by atoms with Crippen LogP contribution in [0.3, 0.4) is 0 Å². The van der Waals surface area contributed by atoms with Gasteiger partial charge in [-0.1, -0.05) is 6.07 Å². The summed E-state index contributed by atoms with van der Waals surface area (Å²) in [5, 5.41) is 2.91. The van der Waals surface area contributed by atoms with E-state index in [1.54, 1.807) is 18.9 Å². The monoisotopic (exact) mass is 629 g/mol. The molecule has 1 saturated heterocycles. The van der Waals surface area contributed by atoms with E-state index in [9.17, 15) is 9.36 Å². The number of rotatable bonds is 7. The summed E-state index contributed by atoms with van der Waals surface area (Å²) in [5.74, 6) is 3.64. The summed E-state index contributed by atoms with van der Waals surface area (Å²) < 4.78 is 41.2. The lowest BCUT2D eigenvalue weighted by Crippen LogP contribution is -2.35. The first-order valence-corrected chi connectivity index (χ1v) is 16.2. The van der Waals surface area contributed by atoms with Gasteiger partial charge in [-0.3, -0.25) is 9.36 Å². The summed E-state index contributed by atoms with van der Waals surface area (Å²) in [5.41, 5.74) is 3.65. The molecule has 0 saturated carbocycles. The minimum atomic E-state index is -2.84. The third-order valence-electron chi connectivity index (χ3n) is 7.14. The van der Waals surface area contributed by atoms with Gasteiger partial charge in [-0.2, -0.15) is 0 Å². The predicted octanol–water partition coefficient (Wildman–Crippen LogP) is 4.73. The number of carbonyl (C=O) groups excluding carboxylic acids is 1. The van der Waals surface area contributed by atoms with Crippen molar-refractivity contribution in [2.24, 2.45) is 0 Å². The van der Waals surface area contributed by atoms with Crippen LogP contribution in [0.1, 0.15) is 33.5 Å². The zero-order valence-electron chi connectivity index (χ0n) is 23.7. The molecule has 2 aromatic carbocycles. The van der Waals surface area contributed by atoms with Gasteiger partial charge in [-0.05, 0) is 49.2 Å². The molecule has 0 aliphatic carbocycles. The van der Waals surface area contributed by atoms with E-state index in [1.165, 1.54) is 0 Å². The Balaban J connectivity index is 0.000000234. The molecule has 1 fully saturated rings. The standard InChI is InChI=1S/C21H23NO5.C7H15Cl2N2O2P/c1-22-7-6-14-9-19-20(27-12-26-19)10-15(14)17(23)8-13-4-5-18(24-2)21(25-3)16(13)11-22;8-2-5-11(6-3-9)14(12)10-4-1-7-13-14/h4-5,9-10H,6-8,11-12H2,1-3H3;1-7H2,(H,10,12). The molecule has 3 aliphatic heterocycles. The second-order valence-corrected chi connectivity index (χ2v) is 12.8. The van der Waals surface area contributed by atoms with Crippen molar-refractivity contribution in [3.05, 3.63) is 46.5 Å². The number of carbonyl (C=O) groups is 1. The van der Waals surface area contributed by atoms with Gasteiger partial charge in [0.25, 0.3) is 0 Å². The summed E-state index contributed by atoms with van der Waals surface area (Å²) in [6.07, 6.45) is 1.95. The topological polar surface area (TPSA) is 98.8 Å². The van der Waals surface area contributed by atoms with Crippen molar-refractivity contribution in [2.45, 2.75) is 25.8 Å². The maximum absolute atomic E-state index is 13.1. The first-order chi connectivity index (χ1) is 19.8. The van der Waals surface area contributed by atoms with Crippen molar-refractivity contribution in [3.8, 4) is 23.0 Å². The van der Waals surface area contributed by atoms with Crippen molar-refractivity contribution in [3.63, 3.8) is 0 Å². The van der Waals surface area contributed by atoms with Crippen molar-refractivity contribution in [1.82, 2.24) is 14.7 Å². The van der Waals surface area contributed by atoms with E-state index in [-0.39, 0.29) is 12.6 Å². The van der Waals surface area contributed by atoms with Gasteiger partial charge in [0.15, 0.2) is 28.8 Å². The van der Waals surface area contributed by atoms with Crippen molar-refractivity contribution in [2.75, 3.05) is 72.6 Å². The number of hydrogen-bond acceptors (Lipinski definition) is 8. The largest absolute Gasteiger partial charge is 0.493 e. The third kappa shape index (κ3) is 7.68. The second-order valence-electron chi connectivity index (χ2n) is 9.84. The zero-order valence-corrected chi connectivity index (χ0v) is 26.2. The molecule has 0 aromatic heterocycles. The molecule has 5 rings (SSSR count). The SMILES string of the molecule is COc1ccc2c(c1OC)CN(C)CCc1cc3c(cc1C(=O)C2)OCO3.O=P1(N(CCCl)CCCl)NCCCO1. The molecule has 0 radical (unpaired) electrons. The fraction of sp³-hybridized carbons (Fsp3) is 0.536. The van der Waals surface area contributed by atoms with E-state index in [1.807, 2.05) is 24.3 Å². The molecule has 41 heavy (non-hydrogen) atoms. The number of alkyl halides is 2. The van der Waals surface area contributed by atoms with Crippen LogP contribution in [0.25, 0.3) is 0 Å². The number of Topliss-reactive ketones (excluding diaryl/α,β-unsaturated/α-hetero) is 1. The van der Waals surface area contributed by atoms with E-state index < -0.39 is 7.67 Å². The maximum Gasteiger partial charge on any atom is 0.343 e. The average Bonchev–Trinajstić information content (AvgIpc) is 3.44. The number of likely N-dealkylation sites (N-methyl/N-ethyl adjacent to an activating group) is 1. The van der Waals surface area contributed by atoms with Gasteiger partial charge in [-0.25, -0.2) is 9.76 Å². The van der Waals surface area contributed by atoms with E-state index in [0.29, 0.717) is 73.0 Å². The Kier molecular flexibility index (Phi) is 11.6. The number of ketones is 1. The fourth-order valence-corrected chi connectivity index (χ4v) is 7.67. The number of nitrogens with zero attached hydrogens (tertiary/aromatic N) is 2. The zero-order chi connectivity index (χ0) is 29.4. The minimum absolute atomic E-state index is 0.0707. The Morgan fingerprint density at radius 2 is 1.80 bits per heavy atom. The predicted molar refractivity (Wildman–Crippen MR) is 159 cm³/mol. The highest BCUT2D eigenvalue weighted by Crippen LogP contribution is 2.48. The highest BCUT2D eigenvalue weighted by Gasteiger charge is 2.33. The Hall–Kier alpha value is -2.04. The van der Waals surface area contributed by atoms with Crippen molar-refractivity contribution < 1.29 is 32.8 Å². The summed E-state index contributed by atoms with van der Waals surface area (Å²) in [6.45, 7) is 4.00. The molecule has 10 nitrogen and oxygen atoms in total. The molecule has 1 atom stereocenters. The molecule has 1 N–H and O–H groups in total. The first kappa shape index (κ1) is 31.9. The number of fused-ring (bicyclic) bond motifs is 3. The van der Waals surface area contributed by atoms with Gasteiger partial charge in [0.05, 0.1) is 20.8 Å². The van der Waals surface area contributed by atoms with Gasteiger partial charge in [0.2, 0.25) is 6.79 Å². The van der Waals surface area contributed by atoms with E-state index in [2.05, 4.69) is 17.0 Å².